The summed E-state index contributed by atoms with van der Waals surface area (Å²) in [5.41, 5.74) is -1.70. The monoisotopic (exact) mass is 504 g/mol. The van der Waals surface area contributed by atoms with Crippen LogP contribution in [-0.2, 0) is 22.3 Å². The van der Waals surface area contributed by atoms with Crippen LogP contribution in [0.4, 0.5) is 26.3 Å². The van der Waals surface area contributed by atoms with Gasteiger partial charge in [0.25, 0.3) is 0 Å². The molecule has 5 rings (SSSR count). The van der Waals surface area contributed by atoms with Gasteiger partial charge in [0, 0.05) is 36.9 Å². The van der Waals surface area contributed by atoms with Gasteiger partial charge < -0.3 is 9.47 Å². The van der Waals surface area contributed by atoms with Crippen molar-refractivity contribution < 1.29 is 35.8 Å². The summed E-state index contributed by atoms with van der Waals surface area (Å²) < 4.78 is 103. The van der Waals surface area contributed by atoms with E-state index in [9.17, 15) is 8.78 Å². The third kappa shape index (κ3) is 2.87. The number of rotatable bonds is 4. The summed E-state index contributed by atoms with van der Waals surface area (Å²) in [5.74, 6) is -16.0. The van der Waals surface area contributed by atoms with Crippen LogP contribution in [-0.4, -0.2) is 41.9 Å². The average molecular weight is 505 g/mol. The third-order valence-corrected chi connectivity index (χ3v) is 9.36. The van der Waals surface area contributed by atoms with E-state index in [1.807, 2.05) is 0 Å². The molecule has 2 aliphatic heterocycles. The van der Waals surface area contributed by atoms with Crippen molar-refractivity contribution >= 4 is 23.5 Å². The van der Waals surface area contributed by atoms with Gasteiger partial charge in [0.2, 0.25) is 0 Å². The van der Waals surface area contributed by atoms with E-state index in [0.29, 0.717) is 20.9 Å². The van der Waals surface area contributed by atoms with Gasteiger partial charge in [-0.1, -0.05) is 59.9 Å². The van der Waals surface area contributed by atoms with Gasteiger partial charge in [-0.25, -0.2) is 0 Å². The van der Waals surface area contributed by atoms with Gasteiger partial charge in [-0.2, -0.15) is 26.3 Å². The van der Waals surface area contributed by atoms with E-state index >= 15 is 17.6 Å². The maximum Gasteiger partial charge on any atom is 0.380 e. The summed E-state index contributed by atoms with van der Waals surface area (Å²) in [7, 11) is 2.15. The highest BCUT2D eigenvalue weighted by atomic mass is 32.2. The lowest BCUT2D eigenvalue weighted by Gasteiger charge is -2.36. The fraction of sp³-hybridized carbons (Fsp3) is 0.391. The minimum Gasteiger partial charge on any atom is -0.363 e. The zero-order valence-corrected chi connectivity index (χ0v) is 19.1. The van der Waals surface area contributed by atoms with Crippen LogP contribution in [0.5, 0.6) is 0 Å². The number of hydrogen-bond acceptors (Lipinski definition) is 4. The fourth-order valence-electron chi connectivity index (χ4n) is 4.82. The van der Waals surface area contributed by atoms with Crippen molar-refractivity contribution in [1.29, 1.82) is 0 Å². The number of thioether (sulfide) groups is 2. The number of benzene rings is 2. The molecule has 2 unspecified atom stereocenters. The molecule has 1 aliphatic carbocycles. The van der Waals surface area contributed by atoms with Gasteiger partial charge in [0.15, 0.2) is 0 Å². The second-order valence-corrected chi connectivity index (χ2v) is 10.8. The van der Waals surface area contributed by atoms with E-state index in [4.69, 9.17) is 9.47 Å². The lowest BCUT2D eigenvalue weighted by Crippen LogP contribution is -2.52. The summed E-state index contributed by atoms with van der Waals surface area (Å²) >= 11 is 1.50. The summed E-state index contributed by atoms with van der Waals surface area (Å²) in [6.45, 7) is 0. The molecule has 0 saturated carbocycles. The van der Waals surface area contributed by atoms with E-state index in [0.717, 1.165) is 37.7 Å². The molecular formula is C23H18F6O2S2. The maximum absolute atomic E-state index is 15.5. The number of fused-ring (bicyclic) bond motifs is 2. The molecule has 0 saturated heterocycles. The van der Waals surface area contributed by atoms with Crippen LogP contribution >= 0.6 is 23.5 Å². The fourth-order valence-corrected chi connectivity index (χ4v) is 7.66. The van der Waals surface area contributed by atoms with Gasteiger partial charge >= 0.3 is 17.8 Å². The van der Waals surface area contributed by atoms with Crippen molar-refractivity contribution in [1.82, 2.24) is 0 Å². The summed E-state index contributed by atoms with van der Waals surface area (Å²) in [6, 6.07) is 13.2. The molecule has 0 fully saturated rings. The second kappa shape index (κ2) is 7.19. The molecule has 0 spiro atoms. The second-order valence-electron chi connectivity index (χ2n) is 8.16. The van der Waals surface area contributed by atoms with Crippen LogP contribution in [0.3, 0.4) is 0 Å². The number of ether oxygens (including phenoxy) is 2. The minimum atomic E-state index is -5.66. The van der Waals surface area contributed by atoms with Crippen LogP contribution in [0.15, 0.2) is 69.5 Å². The van der Waals surface area contributed by atoms with Gasteiger partial charge in [-0.3, -0.25) is 0 Å². The largest absolute Gasteiger partial charge is 0.380 e. The highest BCUT2D eigenvalue weighted by Crippen LogP contribution is 2.70. The van der Waals surface area contributed by atoms with E-state index in [-0.39, 0.29) is 12.8 Å². The Morgan fingerprint density at radius 1 is 0.636 bits per heavy atom. The van der Waals surface area contributed by atoms with E-state index < -0.39 is 38.8 Å². The predicted molar refractivity (Wildman–Crippen MR) is 113 cm³/mol. The molecule has 2 atom stereocenters. The summed E-state index contributed by atoms with van der Waals surface area (Å²) in [6.07, 6.45) is -0.523. The zero-order valence-electron chi connectivity index (χ0n) is 17.4. The number of methoxy groups -OCH3 is 2. The highest BCUT2D eigenvalue weighted by Gasteiger charge is 2.85. The Kier molecular flexibility index (Phi) is 5.04. The van der Waals surface area contributed by atoms with Crippen LogP contribution in [0, 0.1) is 0 Å². The van der Waals surface area contributed by atoms with Gasteiger partial charge in [-0.05, 0) is 23.3 Å². The lowest BCUT2D eigenvalue weighted by molar-refractivity contribution is -0.269. The molecule has 0 radical (unpaired) electrons. The molecular weight excluding hydrogens is 486 g/mol. The molecule has 0 aromatic heterocycles. The topological polar surface area (TPSA) is 18.5 Å². The van der Waals surface area contributed by atoms with Gasteiger partial charge in [0.1, 0.15) is 9.87 Å². The Morgan fingerprint density at radius 2 is 1.00 bits per heavy atom. The van der Waals surface area contributed by atoms with Crippen molar-refractivity contribution in [2.75, 3.05) is 14.2 Å². The first-order valence-corrected chi connectivity index (χ1v) is 11.6. The molecule has 2 aromatic rings. The molecule has 33 heavy (non-hydrogen) atoms. The average Bonchev–Trinajstić information content (AvgIpc) is 3.38. The third-order valence-electron chi connectivity index (χ3n) is 6.43. The van der Waals surface area contributed by atoms with Crippen molar-refractivity contribution in [3.8, 4) is 0 Å². The number of alkyl halides is 6. The van der Waals surface area contributed by atoms with Crippen LogP contribution in [0.25, 0.3) is 0 Å². The molecule has 3 aliphatic rings. The Labute approximate surface area is 194 Å². The first-order valence-electron chi connectivity index (χ1n) is 9.99. The SMILES string of the molecule is COC1(C2=C(C3(OC)Cc4ccccc4S3)C(F)(F)C(F)(F)C2(F)F)Cc2ccccc2S1. The maximum atomic E-state index is 15.5. The Bertz CT molecular complexity index is 1030. The molecule has 10 heteroatoms. The van der Waals surface area contributed by atoms with Crippen molar-refractivity contribution in [3.63, 3.8) is 0 Å². The van der Waals surface area contributed by atoms with Crippen molar-refractivity contribution in [2.45, 2.75) is 50.3 Å². The zero-order chi connectivity index (χ0) is 23.9. The van der Waals surface area contributed by atoms with E-state index in [1.54, 1.807) is 48.5 Å². The number of halogens is 6. The predicted octanol–water partition coefficient (Wildman–Crippen LogP) is 6.58. The highest BCUT2D eigenvalue weighted by molar-refractivity contribution is 8.01. The Hall–Kier alpha value is -1.62. The molecule has 0 amide bonds. The first kappa shape index (κ1) is 23.1. The Morgan fingerprint density at radius 3 is 1.33 bits per heavy atom. The summed E-state index contributed by atoms with van der Waals surface area (Å²) in [5, 5.41) is 0. The minimum absolute atomic E-state index is 0.262. The normalized spacial score (nSPS) is 31.0. The number of hydrogen-bond donors (Lipinski definition) is 0. The molecule has 2 nitrogen and oxygen atoms in total. The van der Waals surface area contributed by atoms with E-state index in [1.165, 1.54) is 0 Å². The van der Waals surface area contributed by atoms with Gasteiger partial charge in [-0.15, -0.1) is 0 Å². The smallest absolute Gasteiger partial charge is 0.363 e. The Balaban J connectivity index is 1.79. The van der Waals surface area contributed by atoms with Gasteiger partial charge in [0.05, 0.1) is 11.1 Å². The molecule has 0 bridgehead atoms. The first-order chi connectivity index (χ1) is 15.5. The van der Waals surface area contributed by atoms with Crippen LogP contribution < -0.4 is 0 Å². The van der Waals surface area contributed by atoms with Crippen LogP contribution in [0.2, 0.25) is 0 Å². The summed E-state index contributed by atoms with van der Waals surface area (Å²) in [4.78, 5) is -3.27. The van der Waals surface area contributed by atoms with E-state index in [2.05, 4.69) is 0 Å². The molecule has 2 aromatic carbocycles. The quantitative estimate of drug-likeness (QED) is 0.346. The lowest BCUT2D eigenvalue weighted by atomic mass is 9.91. The molecule has 2 heterocycles. The van der Waals surface area contributed by atoms with Crippen LogP contribution in [0.1, 0.15) is 11.1 Å². The molecule has 176 valence electrons. The molecule has 0 N–H and O–H groups in total. The van der Waals surface area contributed by atoms with Crippen molar-refractivity contribution in [2.24, 2.45) is 0 Å². The standard InChI is InChI=1S/C23H18F6O2S2/c1-30-19(11-13-7-3-5-9-15(13)32-19)17-18(22(26,27)23(28,29)21(17,24)25)20(31-2)12-14-8-4-6-10-16(14)33-20/h3-10H,11-12H2,1-2H3. The van der Waals surface area contributed by atoms with Crippen molar-refractivity contribution in [3.05, 3.63) is 70.8 Å².